The van der Waals surface area contributed by atoms with Crippen molar-refractivity contribution in [2.75, 3.05) is 39.6 Å². The predicted octanol–water partition coefficient (Wildman–Crippen LogP) is 24.1. The fourth-order valence-corrected chi connectivity index (χ4v) is 12.6. The van der Waals surface area contributed by atoms with Crippen molar-refractivity contribution >= 4 is 33.6 Å². The molecule has 103 heavy (non-hydrogen) atoms. The molecule has 0 amide bonds. The van der Waals surface area contributed by atoms with Gasteiger partial charge in [0.15, 0.2) is 6.10 Å². The Morgan fingerprint density at radius 3 is 0.854 bits per heavy atom. The molecule has 0 aliphatic heterocycles. The molecule has 5 unspecified atom stereocenters. The van der Waals surface area contributed by atoms with Crippen LogP contribution in [0.15, 0.2) is 122 Å². The summed E-state index contributed by atoms with van der Waals surface area (Å²) >= 11 is 0. The van der Waals surface area contributed by atoms with E-state index >= 15 is 0 Å². The molecule has 0 rings (SSSR count). The number of unbranched alkanes of at least 4 members (excludes halogenated alkanes) is 34. The van der Waals surface area contributed by atoms with Crippen LogP contribution in [0.3, 0.4) is 0 Å². The third kappa shape index (κ3) is 78.8. The first-order chi connectivity index (χ1) is 50.2. The molecule has 0 bridgehead atoms. The smallest absolute Gasteiger partial charge is 0.463 e. The van der Waals surface area contributed by atoms with E-state index in [1.54, 1.807) is 0 Å². The average molecular weight is 1490 g/mol. The van der Waals surface area contributed by atoms with E-state index < -0.39 is 91.5 Å². The monoisotopic (exact) mass is 1490 g/mol. The number of hydrogen-bond donors (Lipinski definition) is 4. The topological polar surface area (TPSA) is 231 Å². The van der Waals surface area contributed by atoms with E-state index in [0.29, 0.717) is 19.3 Å². The minimum atomic E-state index is -4.94. The van der Waals surface area contributed by atoms with Crippen molar-refractivity contribution in [2.24, 2.45) is 0 Å². The van der Waals surface area contributed by atoms with Crippen molar-refractivity contribution in [1.82, 2.24) is 0 Å². The molecule has 0 aromatic carbocycles. The van der Waals surface area contributed by atoms with Crippen LogP contribution in [-0.2, 0) is 55.8 Å². The van der Waals surface area contributed by atoms with Gasteiger partial charge in [-0.3, -0.25) is 32.5 Å². The lowest BCUT2D eigenvalue weighted by molar-refractivity contribution is -0.161. The lowest BCUT2D eigenvalue weighted by atomic mass is 10.0. The lowest BCUT2D eigenvalue weighted by Crippen LogP contribution is -2.30. The van der Waals surface area contributed by atoms with E-state index in [4.69, 9.17) is 32.3 Å². The number of allylic oxidation sites excluding steroid dienone is 20. The fourth-order valence-electron chi connectivity index (χ4n) is 11.0. The lowest BCUT2D eigenvalue weighted by Gasteiger charge is -2.21. The molecule has 0 aliphatic rings. The van der Waals surface area contributed by atoms with Gasteiger partial charge in [-0.05, 0) is 116 Å². The maximum Gasteiger partial charge on any atom is 0.472 e. The summed E-state index contributed by atoms with van der Waals surface area (Å²) in [6.07, 6.45) is 92.6. The van der Waals surface area contributed by atoms with E-state index in [1.807, 2.05) is 0 Å². The van der Waals surface area contributed by atoms with Crippen LogP contribution in [0, 0.1) is 0 Å². The quantitative estimate of drug-likeness (QED) is 0.0146. The number of aliphatic hydroxyl groups excluding tert-OH is 2. The second kappa shape index (κ2) is 77.6. The molecule has 0 radical (unpaired) electrons. The van der Waals surface area contributed by atoms with Crippen LogP contribution in [0.4, 0.5) is 0 Å². The van der Waals surface area contributed by atoms with E-state index in [-0.39, 0.29) is 19.3 Å². The van der Waals surface area contributed by atoms with Gasteiger partial charge in [0.2, 0.25) is 0 Å². The number of esters is 3. The first-order valence-electron chi connectivity index (χ1n) is 40.8. The average Bonchev–Trinajstić information content (AvgIpc) is 0.924. The third-order valence-electron chi connectivity index (χ3n) is 17.2. The van der Waals surface area contributed by atoms with Gasteiger partial charge in [-0.2, -0.15) is 0 Å². The van der Waals surface area contributed by atoms with E-state index in [0.717, 1.165) is 116 Å². The molecular weight excluding hydrogens is 1340 g/mol. The highest BCUT2D eigenvalue weighted by atomic mass is 31.2. The summed E-state index contributed by atoms with van der Waals surface area (Å²) in [6, 6.07) is 0. The predicted molar refractivity (Wildman–Crippen MR) is 427 cm³/mol. The summed E-state index contributed by atoms with van der Waals surface area (Å²) in [5.41, 5.74) is 0. The SMILES string of the molecule is CC/C=C\C/C=C\C/C=C\C/C=C\C/C=C\C/C=C\CCCCC(=O)OCC(COP(=O)(O)OCC(O)COP(=O)(O)OCC(O)COC(=O)CCCCCCCCCCCCCCCCC/C=C\C/C=C\C/C=C\C/C=C\CCCCC)OC(=O)CCCCCCCCCCCCCCCCC. The van der Waals surface area contributed by atoms with Gasteiger partial charge in [0.05, 0.1) is 26.4 Å². The van der Waals surface area contributed by atoms with Crippen LogP contribution >= 0.6 is 15.6 Å². The van der Waals surface area contributed by atoms with Crippen molar-refractivity contribution < 1.29 is 75.8 Å². The highest BCUT2D eigenvalue weighted by molar-refractivity contribution is 7.47. The summed E-state index contributed by atoms with van der Waals surface area (Å²) < 4.78 is 61.1. The van der Waals surface area contributed by atoms with Crippen LogP contribution in [0.25, 0.3) is 0 Å². The third-order valence-corrected chi connectivity index (χ3v) is 19.1. The minimum absolute atomic E-state index is 0.0963. The molecule has 0 aromatic heterocycles. The van der Waals surface area contributed by atoms with E-state index in [1.165, 1.54) is 167 Å². The van der Waals surface area contributed by atoms with Gasteiger partial charge >= 0.3 is 33.6 Å². The molecule has 594 valence electrons. The standard InChI is InChI=1S/C85H148O16P2/c1-4-7-10-13-16-19-22-25-28-30-32-34-35-36-37-38-39-40-41-42-43-45-47-48-51-53-56-59-62-65-68-71-83(88)95-74-80(86)75-97-102(91,92)98-76-81(87)77-99-103(93,94)100-79-82(101-85(90)73-70-67-64-61-58-55-50-27-24-21-18-15-12-9-6-3)78-96-84(89)72-69-66-63-60-57-54-52-49-46-44-33-31-29-26-23-20-17-14-11-8-5-2/h8,11,16-17,19-20,25-26,28-29,32-34,36-37,44,49,52,57,60,80-82,86-87H,4-7,9-10,12-15,18,21-24,27,30-31,35,38-43,45-48,50-51,53-56,58-59,61-79H2,1-3H3,(H,91,92)(H,93,94)/b11-8-,19-16-,20-17-,28-25-,29-26-,34-32-,37-36-,44-33-,52-49-,60-57-. The number of aliphatic hydroxyl groups is 2. The Balaban J connectivity index is 4.51. The number of carbonyl (C=O) groups excluding carboxylic acids is 3. The summed E-state index contributed by atoms with van der Waals surface area (Å²) in [7, 11) is -9.80. The molecular formula is C85H148O16P2. The molecule has 0 aliphatic carbocycles. The zero-order valence-corrected chi connectivity index (χ0v) is 66.7. The number of phosphoric ester groups is 2. The van der Waals surface area contributed by atoms with Gasteiger partial charge in [0.1, 0.15) is 25.4 Å². The molecule has 0 fully saturated rings. The summed E-state index contributed by atoms with van der Waals surface area (Å²) in [5.74, 6) is -1.62. The zero-order chi connectivity index (χ0) is 75.2. The molecule has 16 nitrogen and oxygen atoms in total. The van der Waals surface area contributed by atoms with Gasteiger partial charge in [0, 0.05) is 19.3 Å². The first-order valence-corrected chi connectivity index (χ1v) is 43.8. The number of rotatable bonds is 77. The molecule has 5 atom stereocenters. The van der Waals surface area contributed by atoms with Crippen molar-refractivity contribution in [2.45, 2.75) is 360 Å². The number of phosphoric acid groups is 2. The van der Waals surface area contributed by atoms with Crippen molar-refractivity contribution in [3.8, 4) is 0 Å². The maximum absolute atomic E-state index is 13.0. The second-order valence-corrected chi connectivity index (χ2v) is 30.1. The van der Waals surface area contributed by atoms with Crippen LogP contribution in [0.1, 0.15) is 342 Å². The van der Waals surface area contributed by atoms with Crippen LogP contribution in [0.2, 0.25) is 0 Å². The van der Waals surface area contributed by atoms with Gasteiger partial charge in [-0.25, -0.2) is 9.13 Å². The van der Waals surface area contributed by atoms with Crippen LogP contribution in [0.5, 0.6) is 0 Å². The Kier molecular flexibility index (Phi) is 74.5. The van der Waals surface area contributed by atoms with Crippen LogP contribution in [-0.4, -0.2) is 95.9 Å². The Morgan fingerprint density at radius 2 is 0.515 bits per heavy atom. The Hall–Kier alpha value is -4.05. The maximum atomic E-state index is 13.0. The number of ether oxygens (including phenoxy) is 3. The molecule has 0 saturated heterocycles. The van der Waals surface area contributed by atoms with E-state index in [9.17, 15) is 43.5 Å². The van der Waals surface area contributed by atoms with Crippen LogP contribution < -0.4 is 0 Å². The number of carbonyl (C=O) groups is 3. The van der Waals surface area contributed by atoms with Crippen molar-refractivity contribution in [3.63, 3.8) is 0 Å². The highest BCUT2D eigenvalue weighted by Crippen LogP contribution is 2.45. The van der Waals surface area contributed by atoms with Gasteiger partial charge in [0.25, 0.3) is 0 Å². The first kappa shape index (κ1) is 98.9. The molecule has 0 saturated carbocycles. The Bertz CT molecular complexity index is 2360. The molecule has 0 spiro atoms. The number of hydrogen-bond acceptors (Lipinski definition) is 14. The molecule has 0 aromatic rings. The van der Waals surface area contributed by atoms with E-state index in [2.05, 4.69) is 142 Å². The van der Waals surface area contributed by atoms with Gasteiger partial charge < -0.3 is 34.2 Å². The molecule has 18 heteroatoms. The Morgan fingerprint density at radius 1 is 0.282 bits per heavy atom. The Labute approximate surface area is 627 Å². The van der Waals surface area contributed by atoms with Crippen molar-refractivity contribution in [3.05, 3.63) is 122 Å². The summed E-state index contributed by atoms with van der Waals surface area (Å²) in [4.78, 5) is 58.7. The fraction of sp³-hybridized carbons (Fsp3) is 0.729. The summed E-state index contributed by atoms with van der Waals surface area (Å²) in [6.45, 7) is 2.52. The highest BCUT2D eigenvalue weighted by Gasteiger charge is 2.29. The molecule has 0 heterocycles. The van der Waals surface area contributed by atoms with Gasteiger partial charge in [-0.15, -0.1) is 0 Å². The van der Waals surface area contributed by atoms with Crippen molar-refractivity contribution in [1.29, 1.82) is 0 Å². The van der Waals surface area contributed by atoms with Gasteiger partial charge in [-0.1, -0.05) is 328 Å². The second-order valence-electron chi connectivity index (χ2n) is 27.2. The normalized spacial score (nSPS) is 14.6. The minimum Gasteiger partial charge on any atom is -0.463 e. The zero-order valence-electron chi connectivity index (χ0n) is 65.0. The largest absolute Gasteiger partial charge is 0.472 e. The molecule has 4 N–H and O–H groups in total. The summed E-state index contributed by atoms with van der Waals surface area (Å²) in [5, 5.41) is 20.6.